The Labute approximate surface area is 111 Å². The number of carboxylic acids is 1. The molecule has 0 saturated carbocycles. The zero-order chi connectivity index (χ0) is 14.7. The van der Waals surface area contributed by atoms with Gasteiger partial charge in [0.1, 0.15) is 5.82 Å². The van der Waals surface area contributed by atoms with Gasteiger partial charge < -0.3 is 9.52 Å². The minimum atomic E-state index is -1.02. The first-order chi connectivity index (χ1) is 9.47. The number of aryl methyl sites for hydroxylation is 1. The van der Waals surface area contributed by atoms with Crippen molar-refractivity contribution < 1.29 is 23.6 Å². The first-order valence-electron chi connectivity index (χ1n) is 5.46. The zero-order valence-electron chi connectivity index (χ0n) is 9.95. The third-order valence-corrected chi connectivity index (χ3v) is 2.41. The SMILES string of the molecule is O=C(O)CCc1nnc(-c2ccc([N+](=O)[O-])cc2F)o1. The number of carboxylic acid groups (broad SMARTS) is 1. The molecule has 2 aromatic rings. The van der Waals surface area contributed by atoms with E-state index in [1.807, 2.05) is 0 Å². The lowest BCUT2D eigenvalue weighted by Crippen LogP contribution is -1.97. The Hall–Kier alpha value is -2.84. The van der Waals surface area contributed by atoms with Gasteiger partial charge in [0.05, 0.1) is 23.0 Å². The van der Waals surface area contributed by atoms with Crippen molar-refractivity contribution in [1.82, 2.24) is 10.2 Å². The molecular formula is C11H8FN3O5. The van der Waals surface area contributed by atoms with Crippen LogP contribution in [0.4, 0.5) is 10.1 Å². The third-order valence-electron chi connectivity index (χ3n) is 2.41. The van der Waals surface area contributed by atoms with Gasteiger partial charge in [-0.2, -0.15) is 0 Å². The van der Waals surface area contributed by atoms with E-state index in [1.54, 1.807) is 0 Å². The molecule has 1 aromatic heterocycles. The second-order valence-corrected chi connectivity index (χ2v) is 3.82. The number of carbonyl (C=O) groups is 1. The van der Waals surface area contributed by atoms with Gasteiger partial charge in [0.15, 0.2) is 0 Å². The van der Waals surface area contributed by atoms with E-state index in [0.29, 0.717) is 0 Å². The summed E-state index contributed by atoms with van der Waals surface area (Å²) >= 11 is 0. The van der Waals surface area contributed by atoms with Gasteiger partial charge in [0.25, 0.3) is 11.6 Å². The first kappa shape index (κ1) is 13.6. The van der Waals surface area contributed by atoms with Crippen molar-refractivity contribution in [3.63, 3.8) is 0 Å². The van der Waals surface area contributed by atoms with Crippen molar-refractivity contribution >= 4 is 11.7 Å². The smallest absolute Gasteiger partial charge is 0.303 e. The topological polar surface area (TPSA) is 119 Å². The highest BCUT2D eigenvalue weighted by Crippen LogP contribution is 2.25. The standard InChI is InChI=1S/C11H8FN3O5/c12-8-5-6(15(18)19)1-2-7(8)11-14-13-9(20-11)3-4-10(16)17/h1-2,5H,3-4H2,(H,16,17). The summed E-state index contributed by atoms with van der Waals surface area (Å²) in [5.74, 6) is -1.99. The van der Waals surface area contributed by atoms with Gasteiger partial charge in [0, 0.05) is 12.5 Å². The number of nitro benzene ring substituents is 1. The van der Waals surface area contributed by atoms with Crippen LogP contribution in [0.5, 0.6) is 0 Å². The fraction of sp³-hybridized carbons (Fsp3) is 0.182. The van der Waals surface area contributed by atoms with Crippen LogP contribution in [0.15, 0.2) is 22.6 Å². The molecule has 0 aliphatic rings. The molecule has 0 radical (unpaired) electrons. The second kappa shape index (κ2) is 5.43. The largest absolute Gasteiger partial charge is 0.481 e. The molecule has 20 heavy (non-hydrogen) atoms. The Bertz CT molecular complexity index is 670. The molecule has 0 aliphatic carbocycles. The monoisotopic (exact) mass is 281 g/mol. The number of rotatable bonds is 5. The molecule has 1 heterocycles. The maximum Gasteiger partial charge on any atom is 0.303 e. The number of halogens is 1. The summed E-state index contributed by atoms with van der Waals surface area (Å²) in [6, 6.07) is 3.01. The highest BCUT2D eigenvalue weighted by Gasteiger charge is 2.17. The van der Waals surface area contributed by atoms with E-state index < -0.39 is 22.4 Å². The van der Waals surface area contributed by atoms with Crippen LogP contribution >= 0.6 is 0 Å². The Morgan fingerprint density at radius 2 is 2.20 bits per heavy atom. The van der Waals surface area contributed by atoms with Crippen LogP contribution in [0.3, 0.4) is 0 Å². The summed E-state index contributed by atoms with van der Waals surface area (Å²) in [4.78, 5) is 20.2. The molecule has 0 unspecified atom stereocenters. The Kier molecular flexibility index (Phi) is 3.69. The summed E-state index contributed by atoms with van der Waals surface area (Å²) in [7, 11) is 0. The van der Waals surface area contributed by atoms with Crippen LogP contribution in [-0.2, 0) is 11.2 Å². The molecule has 1 N–H and O–H groups in total. The molecule has 0 fully saturated rings. The predicted molar refractivity (Wildman–Crippen MR) is 62.3 cm³/mol. The predicted octanol–water partition coefficient (Wildman–Crippen LogP) is 1.80. The molecule has 0 amide bonds. The van der Waals surface area contributed by atoms with Crippen LogP contribution in [0.1, 0.15) is 12.3 Å². The highest BCUT2D eigenvalue weighted by atomic mass is 19.1. The van der Waals surface area contributed by atoms with Crippen LogP contribution in [0, 0.1) is 15.9 Å². The number of nitro groups is 1. The van der Waals surface area contributed by atoms with E-state index in [9.17, 15) is 19.3 Å². The maximum atomic E-state index is 13.7. The number of aromatic nitrogens is 2. The van der Waals surface area contributed by atoms with Gasteiger partial charge in [-0.25, -0.2) is 4.39 Å². The molecule has 8 nitrogen and oxygen atoms in total. The van der Waals surface area contributed by atoms with Gasteiger partial charge in [-0.15, -0.1) is 10.2 Å². The van der Waals surface area contributed by atoms with Crippen molar-refractivity contribution in [3.05, 3.63) is 40.0 Å². The van der Waals surface area contributed by atoms with Crippen LogP contribution in [-0.4, -0.2) is 26.2 Å². The van der Waals surface area contributed by atoms with E-state index in [2.05, 4.69) is 10.2 Å². The van der Waals surface area contributed by atoms with E-state index in [-0.39, 0.29) is 30.2 Å². The number of aliphatic carboxylic acids is 1. The number of hydrogen-bond acceptors (Lipinski definition) is 6. The molecule has 0 atom stereocenters. The minimum Gasteiger partial charge on any atom is -0.481 e. The maximum absolute atomic E-state index is 13.7. The third kappa shape index (κ3) is 2.94. The molecular weight excluding hydrogens is 273 g/mol. The van der Waals surface area contributed by atoms with Crippen LogP contribution < -0.4 is 0 Å². The lowest BCUT2D eigenvalue weighted by atomic mass is 10.2. The summed E-state index contributed by atoms with van der Waals surface area (Å²) in [6.07, 6.45) is -0.165. The molecule has 0 bridgehead atoms. The molecule has 104 valence electrons. The average Bonchev–Trinajstić information content (AvgIpc) is 2.84. The minimum absolute atomic E-state index is 0.0247. The van der Waals surface area contributed by atoms with E-state index in [4.69, 9.17) is 9.52 Å². The summed E-state index contributed by atoms with van der Waals surface area (Å²) in [5, 5.41) is 26.2. The van der Waals surface area contributed by atoms with Gasteiger partial charge in [-0.1, -0.05) is 0 Å². The number of nitrogens with zero attached hydrogens (tertiary/aromatic N) is 3. The lowest BCUT2D eigenvalue weighted by molar-refractivity contribution is -0.385. The van der Waals surface area contributed by atoms with Crippen molar-refractivity contribution in [2.75, 3.05) is 0 Å². The van der Waals surface area contributed by atoms with Gasteiger partial charge >= 0.3 is 5.97 Å². The Balaban J connectivity index is 2.23. The van der Waals surface area contributed by atoms with Crippen molar-refractivity contribution in [3.8, 4) is 11.5 Å². The highest BCUT2D eigenvalue weighted by molar-refractivity contribution is 5.66. The van der Waals surface area contributed by atoms with Crippen molar-refractivity contribution in [2.24, 2.45) is 0 Å². The number of benzene rings is 1. The summed E-state index contributed by atoms with van der Waals surface area (Å²) in [5.41, 5.74) is -0.471. The molecule has 1 aromatic carbocycles. The number of non-ortho nitro benzene ring substituents is 1. The normalized spacial score (nSPS) is 10.4. The van der Waals surface area contributed by atoms with E-state index in [1.165, 1.54) is 0 Å². The molecule has 0 saturated heterocycles. The molecule has 2 rings (SSSR count). The number of hydrogen-bond donors (Lipinski definition) is 1. The van der Waals surface area contributed by atoms with E-state index in [0.717, 1.165) is 18.2 Å². The fourth-order valence-corrected chi connectivity index (χ4v) is 1.47. The average molecular weight is 281 g/mol. The van der Waals surface area contributed by atoms with Gasteiger partial charge in [0.2, 0.25) is 5.89 Å². The fourth-order valence-electron chi connectivity index (χ4n) is 1.47. The van der Waals surface area contributed by atoms with Gasteiger partial charge in [-0.3, -0.25) is 14.9 Å². The summed E-state index contributed by atoms with van der Waals surface area (Å²) in [6.45, 7) is 0. The molecule has 0 aliphatic heterocycles. The molecule has 9 heteroatoms. The van der Waals surface area contributed by atoms with E-state index >= 15 is 0 Å². The lowest BCUT2D eigenvalue weighted by Gasteiger charge is -1.97. The van der Waals surface area contributed by atoms with Crippen molar-refractivity contribution in [2.45, 2.75) is 12.8 Å². The van der Waals surface area contributed by atoms with Gasteiger partial charge in [-0.05, 0) is 6.07 Å². The van der Waals surface area contributed by atoms with Crippen LogP contribution in [0.25, 0.3) is 11.5 Å². The quantitative estimate of drug-likeness (QED) is 0.655. The Morgan fingerprint density at radius 1 is 1.45 bits per heavy atom. The van der Waals surface area contributed by atoms with Crippen molar-refractivity contribution in [1.29, 1.82) is 0 Å². The summed E-state index contributed by atoms with van der Waals surface area (Å²) < 4.78 is 18.8. The zero-order valence-corrected chi connectivity index (χ0v) is 9.95. The Morgan fingerprint density at radius 3 is 2.80 bits per heavy atom. The van der Waals surface area contributed by atoms with Crippen LogP contribution in [0.2, 0.25) is 0 Å². The second-order valence-electron chi connectivity index (χ2n) is 3.82. The molecule has 0 spiro atoms. The first-order valence-corrected chi connectivity index (χ1v) is 5.46.